The van der Waals surface area contributed by atoms with Crippen LogP contribution in [0, 0.1) is 5.92 Å². The molecule has 3 N–H and O–H groups in total. The number of aliphatic hydroxyl groups is 1. The molecule has 0 aliphatic rings. The van der Waals surface area contributed by atoms with Crippen molar-refractivity contribution in [3.63, 3.8) is 0 Å². The van der Waals surface area contributed by atoms with Crippen LogP contribution in [0.4, 0.5) is 0 Å². The van der Waals surface area contributed by atoms with Crippen LogP contribution in [0.15, 0.2) is 0 Å². The van der Waals surface area contributed by atoms with Gasteiger partial charge in [0.05, 0.1) is 26.4 Å². The van der Waals surface area contributed by atoms with Gasteiger partial charge in [0.15, 0.2) is 12.2 Å². The second-order valence-electron chi connectivity index (χ2n) is 31.8. The molecule has 2 unspecified atom stereocenters. The van der Waals surface area contributed by atoms with E-state index in [1.165, 1.54) is 289 Å². The number of phosphoric acid groups is 2. The number of esters is 4. The summed E-state index contributed by atoms with van der Waals surface area (Å²) in [6, 6.07) is 0. The van der Waals surface area contributed by atoms with Crippen LogP contribution in [0.5, 0.6) is 0 Å². The van der Waals surface area contributed by atoms with Gasteiger partial charge in [0.25, 0.3) is 0 Å². The van der Waals surface area contributed by atoms with Crippen molar-refractivity contribution in [1.29, 1.82) is 0 Å². The summed E-state index contributed by atoms with van der Waals surface area (Å²) in [6.07, 6.45) is 73.8. The molecule has 0 aliphatic heterocycles. The molecule has 0 aromatic rings. The van der Waals surface area contributed by atoms with Crippen molar-refractivity contribution in [2.24, 2.45) is 5.92 Å². The Labute approximate surface area is 651 Å². The highest BCUT2D eigenvalue weighted by Crippen LogP contribution is 2.45. The van der Waals surface area contributed by atoms with Crippen LogP contribution in [0.3, 0.4) is 0 Å². The van der Waals surface area contributed by atoms with E-state index in [4.69, 9.17) is 37.0 Å². The van der Waals surface area contributed by atoms with E-state index in [2.05, 4.69) is 34.6 Å². The van der Waals surface area contributed by atoms with Crippen molar-refractivity contribution in [1.82, 2.24) is 0 Å². The first-order valence-electron chi connectivity index (χ1n) is 45.1. The number of rotatable bonds is 87. The first kappa shape index (κ1) is 104. The van der Waals surface area contributed by atoms with Crippen molar-refractivity contribution in [3.8, 4) is 0 Å². The van der Waals surface area contributed by atoms with E-state index >= 15 is 0 Å². The molecule has 19 heteroatoms. The lowest BCUT2D eigenvalue weighted by molar-refractivity contribution is -0.161. The molecule has 0 aromatic heterocycles. The molecule has 0 bridgehead atoms. The van der Waals surface area contributed by atoms with Gasteiger partial charge >= 0.3 is 39.5 Å². The van der Waals surface area contributed by atoms with Crippen molar-refractivity contribution in [2.45, 2.75) is 490 Å². The molecule has 0 saturated carbocycles. The predicted octanol–water partition coefficient (Wildman–Crippen LogP) is 26.8. The Bertz CT molecular complexity index is 2010. The summed E-state index contributed by atoms with van der Waals surface area (Å²) in [5.41, 5.74) is 0. The smallest absolute Gasteiger partial charge is 0.462 e. The number of carbonyl (C=O) groups is 4. The zero-order valence-electron chi connectivity index (χ0n) is 69.6. The number of carbonyl (C=O) groups excluding carboxylic acids is 4. The van der Waals surface area contributed by atoms with Gasteiger partial charge in [0.1, 0.15) is 19.3 Å². The molecule has 0 radical (unpaired) electrons. The predicted molar refractivity (Wildman–Crippen MR) is 437 cm³/mol. The van der Waals surface area contributed by atoms with Crippen LogP contribution in [0.2, 0.25) is 0 Å². The fourth-order valence-electron chi connectivity index (χ4n) is 13.6. The average Bonchev–Trinajstić information content (AvgIpc) is 0.902. The van der Waals surface area contributed by atoms with Gasteiger partial charge in [-0.15, -0.1) is 0 Å². The lowest BCUT2D eigenvalue weighted by atomic mass is 10.0. The Hall–Kier alpha value is -1.94. The first-order valence-corrected chi connectivity index (χ1v) is 48.1. The Morgan fingerprint density at radius 3 is 0.642 bits per heavy atom. The van der Waals surface area contributed by atoms with E-state index in [-0.39, 0.29) is 25.7 Å². The maximum Gasteiger partial charge on any atom is 0.472 e. The molecular formula is C87H170O17P2. The Kier molecular flexibility index (Phi) is 78.2. The number of unbranched alkanes of at least 4 members (excludes halogenated alkanes) is 59. The normalized spacial score (nSPS) is 13.7. The number of phosphoric ester groups is 2. The number of aliphatic hydroxyl groups excluding tert-OH is 1. The van der Waals surface area contributed by atoms with Crippen molar-refractivity contribution >= 4 is 39.5 Å². The van der Waals surface area contributed by atoms with Crippen molar-refractivity contribution < 1.29 is 80.2 Å². The SMILES string of the molecule is CCCCCCCCCCCCCCCCCCCCCCC(=O)O[C@H](COC(=O)CCCCCCCCCCCCCCCCCCCC)COP(=O)(O)OC[C@@H](O)COP(=O)(O)OC[C@@H](COC(=O)CCCCCCCCCC(C)C)OC(=O)CCCCCCCCCCCCCCCCCCCC. The molecule has 0 amide bonds. The molecule has 106 heavy (non-hydrogen) atoms. The Morgan fingerprint density at radius 2 is 0.434 bits per heavy atom. The summed E-state index contributed by atoms with van der Waals surface area (Å²) >= 11 is 0. The highest BCUT2D eigenvalue weighted by molar-refractivity contribution is 7.47. The molecule has 0 heterocycles. The highest BCUT2D eigenvalue weighted by atomic mass is 31.2. The minimum absolute atomic E-state index is 0.108. The van der Waals surface area contributed by atoms with Crippen LogP contribution < -0.4 is 0 Å². The summed E-state index contributed by atoms with van der Waals surface area (Å²) < 4.78 is 68.9. The molecule has 630 valence electrons. The molecule has 0 aliphatic carbocycles. The Balaban J connectivity index is 5.22. The van der Waals surface area contributed by atoms with E-state index in [1.54, 1.807) is 0 Å². The van der Waals surface area contributed by atoms with Gasteiger partial charge in [-0.3, -0.25) is 37.3 Å². The summed E-state index contributed by atoms with van der Waals surface area (Å²) in [5, 5.41) is 10.7. The van der Waals surface area contributed by atoms with Crippen LogP contribution >= 0.6 is 15.6 Å². The van der Waals surface area contributed by atoms with E-state index in [0.29, 0.717) is 31.6 Å². The maximum atomic E-state index is 13.2. The molecule has 0 saturated heterocycles. The zero-order chi connectivity index (χ0) is 77.6. The number of hydrogen-bond acceptors (Lipinski definition) is 15. The van der Waals surface area contributed by atoms with Gasteiger partial charge in [-0.25, -0.2) is 9.13 Å². The largest absolute Gasteiger partial charge is 0.472 e. The monoisotopic (exact) mass is 1550 g/mol. The van der Waals surface area contributed by atoms with Crippen LogP contribution in [0.25, 0.3) is 0 Å². The molecule has 0 aromatic carbocycles. The zero-order valence-corrected chi connectivity index (χ0v) is 71.4. The van der Waals surface area contributed by atoms with Gasteiger partial charge in [0, 0.05) is 25.7 Å². The summed E-state index contributed by atoms with van der Waals surface area (Å²) in [7, 11) is -9.93. The quantitative estimate of drug-likeness (QED) is 0.0222. The molecule has 0 spiro atoms. The molecule has 0 rings (SSSR count). The Morgan fingerprint density at radius 1 is 0.255 bits per heavy atom. The van der Waals surface area contributed by atoms with Crippen LogP contribution in [-0.4, -0.2) is 96.7 Å². The molecular weight excluding hydrogens is 1380 g/mol. The molecule has 0 fully saturated rings. The van der Waals surface area contributed by atoms with Gasteiger partial charge in [0.2, 0.25) is 0 Å². The number of ether oxygens (including phenoxy) is 4. The highest BCUT2D eigenvalue weighted by Gasteiger charge is 2.30. The minimum atomic E-state index is -4.97. The van der Waals surface area contributed by atoms with Gasteiger partial charge in [-0.1, -0.05) is 420 Å². The van der Waals surface area contributed by atoms with E-state index in [0.717, 1.165) is 96.3 Å². The third-order valence-corrected chi connectivity index (χ3v) is 22.4. The average molecular weight is 1550 g/mol. The lowest BCUT2D eigenvalue weighted by Crippen LogP contribution is -2.30. The second-order valence-corrected chi connectivity index (χ2v) is 34.7. The summed E-state index contributed by atoms with van der Waals surface area (Å²) in [5.74, 6) is -1.39. The summed E-state index contributed by atoms with van der Waals surface area (Å²) in [4.78, 5) is 73.2. The van der Waals surface area contributed by atoms with Crippen LogP contribution in [-0.2, 0) is 65.4 Å². The van der Waals surface area contributed by atoms with Crippen LogP contribution in [0.1, 0.15) is 471 Å². The van der Waals surface area contributed by atoms with Crippen molar-refractivity contribution in [2.75, 3.05) is 39.6 Å². The van der Waals surface area contributed by atoms with E-state index in [9.17, 15) is 43.2 Å². The molecule has 5 atom stereocenters. The fraction of sp³-hybridized carbons (Fsp3) is 0.954. The van der Waals surface area contributed by atoms with Gasteiger partial charge in [-0.2, -0.15) is 0 Å². The van der Waals surface area contributed by atoms with Gasteiger partial charge < -0.3 is 33.8 Å². The maximum absolute atomic E-state index is 13.2. The van der Waals surface area contributed by atoms with E-state index < -0.39 is 97.5 Å². The second kappa shape index (κ2) is 79.7. The third-order valence-electron chi connectivity index (χ3n) is 20.5. The standard InChI is InChI=1S/C87H170O17P2/c1-6-9-12-15-18-21-24-27-30-33-36-37-40-43-46-49-52-57-63-67-72-86(91)103-82(76-97-84(89)70-65-60-55-50-47-44-41-38-34-31-28-25-22-19-16-13-10-7-2)78-101-105(93,94)99-74-81(88)75-100-106(95,96)102-79-83(77-98-85(90)71-66-61-58-53-54-59-64-69-80(4)5)104-87(92)73-68-62-56-51-48-45-42-39-35-32-29-26-23-20-17-14-11-8-3/h80-83,88H,6-79H2,1-5H3,(H,93,94)(H,95,96)/t81-,82-,83-/m1/s1. The molecule has 17 nitrogen and oxygen atoms in total. The van der Waals surface area contributed by atoms with Gasteiger partial charge in [-0.05, 0) is 31.6 Å². The van der Waals surface area contributed by atoms with Crippen molar-refractivity contribution in [3.05, 3.63) is 0 Å². The first-order chi connectivity index (χ1) is 51.5. The minimum Gasteiger partial charge on any atom is -0.462 e. The third kappa shape index (κ3) is 80.1. The topological polar surface area (TPSA) is 237 Å². The lowest BCUT2D eigenvalue weighted by Gasteiger charge is -2.21. The van der Waals surface area contributed by atoms with E-state index in [1.807, 2.05) is 0 Å². The summed E-state index contributed by atoms with van der Waals surface area (Å²) in [6.45, 7) is 7.32. The number of hydrogen-bond donors (Lipinski definition) is 3. The fourth-order valence-corrected chi connectivity index (χ4v) is 15.2.